The lowest BCUT2D eigenvalue weighted by Gasteiger charge is -2.44. The van der Waals surface area contributed by atoms with Crippen LogP contribution in [0.25, 0.3) is 6.08 Å². The number of hydrogen-bond donors (Lipinski definition) is 0. The average molecular weight is 436 g/mol. The zero-order chi connectivity index (χ0) is 21.8. The third-order valence-corrected chi connectivity index (χ3v) is 6.74. The minimum absolute atomic E-state index is 0.215. The largest absolute Gasteiger partial charge is 0.496 e. The molecule has 0 aliphatic carbocycles. The molecule has 2 aromatic carbocycles. The van der Waals surface area contributed by atoms with Crippen LogP contribution in [0.4, 0.5) is 0 Å². The van der Waals surface area contributed by atoms with E-state index in [4.69, 9.17) is 19.2 Å². The molecule has 0 saturated carbocycles. The molecule has 2 aliphatic rings. The number of rotatable bonds is 3. The summed E-state index contributed by atoms with van der Waals surface area (Å²) in [4.78, 5) is 31.6. The van der Waals surface area contributed by atoms with Crippen molar-refractivity contribution < 1.29 is 19.0 Å². The lowest BCUT2D eigenvalue weighted by Crippen LogP contribution is -2.58. The summed E-state index contributed by atoms with van der Waals surface area (Å²) in [5.74, 6) is 0.0241. The van der Waals surface area contributed by atoms with Crippen molar-refractivity contribution in [3.63, 3.8) is 0 Å². The van der Waals surface area contributed by atoms with Gasteiger partial charge in [0.2, 0.25) is 5.72 Å². The zero-order valence-electron chi connectivity index (χ0n) is 17.2. The smallest absolute Gasteiger partial charge is 0.317 e. The maximum absolute atomic E-state index is 13.5. The second kappa shape index (κ2) is 7.09. The fourth-order valence-electron chi connectivity index (χ4n) is 4.36. The molecule has 158 valence electrons. The van der Waals surface area contributed by atoms with Gasteiger partial charge in [-0.25, -0.2) is 4.99 Å². The highest BCUT2D eigenvalue weighted by atomic mass is 32.1. The van der Waals surface area contributed by atoms with Gasteiger partial charge in [0.1, 0.15) is 17.4 Å². The molecule has 3 atom stereocenters. The molecule has 7 nitrogen and oxygen atoms in total. The van der Waals surface area contributed by atoms with Crippen molar-refractivity contribution >= 4 is 23.4 Å². The molecule has 0 amide bonds. The van der Waals surface area contributed by atoms with Crippen LogP contribution in [0, 0.1) is 5.92 Å². The first-order chi connectivity index (χ1) is 15.0. The average Bonchev–Trinajstić information content (AvgIpc) is 3.06. The highest BCUT2D eigenvalue weighted by Crippen LogP contribution is 2.47. The van der Waals surface area contributed by atoms with E-state index in [1.54, 1.807) is 24.7 Å². The Balaban J connectivity index is 1.80. The Morgan fingerprint density at radius 2 is 1.94 bits per heavy atom. The number of fused-ring (bicyclic) bond motifs is 6. The van der Waals surface area contributed by atoms with Crippen LogP contribution in [0.5, 0.6) is 11.5 Å². The molecular weight excluding hydrogens is 416 g/mol. The predicted molar refractivity (Wildman–Crippen MR) is 115 cm³/mol. The fraction of sp³-hybridized carbons (Fsp3) is 0.261. The molecule has 0 saturated heterocycles. The van der Waals surface area contributed by atoms with Gasteiger partial charge in [-0.15, -0.1) is 0 Å². The Bertz CT molecular complexity index is 1380. The molecule has 0 N–H and O–H groups in total. The summed E-state index contributed by atoms with van der Waals surface area (Å²) in [6, 6.07) is 14.3. The van der Waals surface area contributed by atoms with Crippen molar-refractivity contribution in [2.75, 3.05) is 14.2 Å². The maximum Gasteiger partial charge on any atom is 0.317 e. The normalized spacial score (nSPS) is 23.8. The first kappa shape index (κ1) is 19.6. The number of para-hydroxylation sites is 2. The van der Waals surface area contributed by atoms with Crippen molar-refractivity contribution in [3.05, 3.63) is 79.3 Å². The van der Waals surface area contributed by atoms with Crippen LogP contribution < -0.4 is 24.4 Å². The molecular formula is C23H20N2O5S. The second-order valence-electron chi connectivity index (χ2n) is 7.56. The predicted octanol–water partition coefficient (Wildman–Crippen LogP) is 1.87. The van der Waals surface area contributed by atoms with E-state index >= 15 is 0 Å². The van der Waals surface area contributed by atoms with E-state index in [1.807, 2.05) is 48.5 Å². The number of hydrogen-bond acceptors (Lipinski definition) is 7. The molecule has 1 aromatic heterocycles. The van der Waals surface area contributed by atoms with Gasteiger partial charge >= 0.3 is 5.97 Å². The SMILES string of the molecule is COC(=O)[C@@H]1[C@@H]2c3ccccc3O[C@@]1(C)N=c1s/c(=C\c3ccccc3OC)c(=O)n12. The van der Waals surface area contributed by atoms with Gasteiger partial charge in [-0.2, -0.15) is 0 Å². The Hall–Kier alpha value is -3.39. The molecule has 3 aromatic rings. The van der Waals surface area contributed by atoms with Crippen molar-refractivity contribution in [2.45, 2.75) is 18.7 Å². The second-order valence-corrected chi connectivity index (χ2v) is 8.57. The molecule has 5 rings (SSSR count). The monoisotopic (exact) mass is 436 g/mol. The first-order valence-corrected chi connectivity index (χ1v) is 10.6. The van der Waals surface area contributed by atoms with Crippen LogP contribution >= 0.6 is 11.3 Å². The summed E-state index contributed by atoms with van der Waals surface area (Å²) in [6.45, 7) is 1.76. The minimum atomic E-state index is -1.18. The molecule has 2 bridgehead atoms. The molecule has 31 heavy (non-hydrogen) atoms. The van der Waals surface area contributed by atoms with Crippen LogP contribution in [0.3, 0.4) is 0 Å². The third-order valence-electron chi connectivity index (χ3n) is 5.76. The zero-order valence-corrected chi connectivity index (χ0v) is 18.0. The molecule has 0 spiro atoms. The van der Waals surface area contributed by atoms with Gasteiger partial charge in [-0.3, -0.25) is 14.2 Å². The molecule has 3 heterocycles. The number of nitrogens with zero attached hydrogens (tertiary/aromatic N) is 2. The number of carbonyl (C=O) groups excluding carboxylic acids is 1. The number of carbonyl (C=O) groups is 1. The van der Waals surface area contributed by atoms with Crippen LogP contribution in [-0.2, 0) is 9.53 Å². The van der Waals surface area contributed by atoms with Crippen LogP contribution in [0.2, 0.25) is 0 Å². The van der Waals surface area contributed by atoms with Gasteiger partial charge in [-0.05, 0) is 25.1 Å². The van der Waals surface area contributed by atoms with E-state index in [1.165, 1.54) is 18.4 Å². The van der Waals surface area contributed by atoms with E-state index in [2.05, 4.69) is 0 Å². The molecule has 0 unspecified atom stereocenters. The lowest BCUT2D eigenvalue weighted by molar-refractivity contribution is -0.158. The lowest BCUT2D eigenvalue weighted by atomic mass is 9.81. The van der Waals surface area contributed by atoms with Crippen molar-refractivity contribution in [3.8, 4) is 11.5 Å². The van der Waals surface area contributed by atoms with Crippen molar-refractivity contribution in [1.82, 2.24) is 4.57 Å². The number of thiazole rings is 1. The van der Waals surface area contributed by atoms with Crippen molar-refractivity contribution in [2.24, 2.45) is 10.9 Å². The molecule has 2 aliphatic heterocycles. The molecule has 8 heteroatoms. The van der Waals surface area contributed by atoms with Crippen molar-refractivity contribution in [1.29, 1.82) is 0 Å². The Morgan fingerprint density at radius 3 is 2.71 bits per heavy atom. The topological polar surface area (TPSA) is 79.1 Å². The summed E-state index contributed by atoms with van der Waals surface area (Å²) in [5.41, 5.74) is 0.157. The van der Waals surface area contributed by atoms with E-state index in [-0.39, 0.29) is 5.56 Å². The summed E-state index contributed by atoms with van der Waals surface area (Å²) in [5, 5.41) is 0. The van der Waals surface area contributed by atoms with Crippen LogP contribution in [0.15, 0.2) is 58.3 Å². The van der Waals surface area contributed by atoms with E-state index < -0.39 is 23.7 Å². The Kier molecular flexibility index (Phi) is 4.48. The Morgan fingerprint density at radius 1 is 1.19 bits per heavy atom. The van der Waals surface area contributed by atoms with Gasteiger partial charge in [-0.1, -0.05) is 47.7 Å². The molecule has 0 radical (unpaired) electrons. The fourth-order valence-corrected chi connectivity index (χ4v) is 5.45. The van der Waals surface area contributed by atoms with Gasteiger partial charge < -0.3 is 14.2 Å². The van der Waals surface area contributed by atoms with Crippen LogP contribution in [0.1, 0.15) is 24.1 Å². The van der Waals surface area contributed by atoms with Gasteiger partial charge in [0.25, 0.3) is 5.56 Å². The quantitative estimate of drug-likeness (QED) is 0.586. The number of methoxy groups -OCH3 is 2. The van der Waals surface area contributed by atoms with E-state index in [9.17, 15) is 9.59 Å². The summed E-state index contributed by atoms with van der Waals surface area (Å²) >= 11 is 1.27. The first-order valence-electron chi connectivity index (χ1n) is 9.78. The maximum atomic E-state index is 13.5. The highest BCUT2D eigenvalue weighted by molar-refractivity contribution is 7.07. The Labute approximate surface area is 181 Å². The standard InChI is InChI=1S/C23H20N2O5S/c1-23-18(21(27)29-3)19(14-9-5-7-11-16(14)30-23)25-20(26)17(31-22(25)24-23)12-13-8-4-6-10-15(13)28-2/h4-12,18-19H,1-3H3/b17-12-/t18-,19-,23+/m0/s1. The highest BCUT2D eigenvalue weighted by Gasteiger charge is 2.55. The number of ether oxygens (including phenoxy) is 3. The van der Waals surface area contributed by atoms with Gasteiger partial charge in [0.05, 0.1) is 24.8 Å². The summed E-state index contributed by atoms with van der Waals surface area (Å²) in [6.07, 6.45) is 1.79. The number of aromatic nitrogens is 1. The third kappa shape index (κ3) is 2.90. The van der Waals surface area contributed by atoms with E-state index in [0.717, 1.165) is 11.1 Å². The minimum Gasteiger partial charge on any atom is -0.496 e. The van der Waals surface area contributed by atoms with Crippen LogP contribution in [-0.4, -0.2) is 30.5 Å². The van der Waals surface area contributed by atoms with Gasteiger partial charge in [0, 0.05) is 11.1 Å². The number of esters is 1. The van der Waals surface area contributed by atoms with E-state index in [0.29, 0.717) is 20.8 Å². The number of benzene rings is 2. The summed E-state index contributed by atoms with van der Waals surface area (Å²) < 4.78 is 18.8. The van der Waals surface area contributed by atoms with Gasteiger partial charge in [0.15, 0.2) is 4.80 Å². The summed E-state index contributed by atoms with van der Waals surface area (Å²) in [7, 11) is 2.92. The molecule has 0 fully saturated rings.